The lowest BCUT2D eigenvalue weighted by atomic mass is 9.70. The summed E-state index contributed by atoms with van der Waals surface area (Å²) >= 11 is 1.97. The maximum atomic E-state index is 2.53. The van der Waals surface area contributed by atoms with Gasteiger partial charge < -0.3 is 4.90 Å². The van der Waals surface area contributed by atoms with E-state index in [0.717, 1.165) is 18.5 Å². The van der Waals surface area contributed by atoms with Crippen molar-refractivity contribution in [1.82, 2.24) is 0 Å². The smallest absolute Gasteiger partial charge is 0.0726 e. The van der Waals surface area contributed by atoms with Crippen molar-refractivity contribution >= 4 is 55.3 Å². The number of anilines is 3. The topological polar surface area (TPSA) is 3.24 Å². The molecule has 0 amide bonds. The summed E-state index contributed by atoms with van der Waals surface area (Å²) in [7, 11) is 0. The van der Waals surface area contributed by atoms with E-state index in [4.69, 9.17) is 0 Å². The molecule has 0 bridgehead atoms. The number of benzene rings is 8. The highest BCUT2D eigenvalue weighted by atomic mass is 32.1. The fourth-order valence-electron chi connectivity index (χ4n) is 10.0. The number of hydrogen-bond donors (Lipinski definition) is 0. The van der Waals surface area contributed by atoms with Crippen molar-refractivity contribution in [3.63, 3.8) is 0 Å². The van der Waals surface area contributed by atoms with Crippen LogP contribution in [0.25, 0.3) is 60.3 Å². The number of thiophene rings is 1. The number of nitrogens with zero attached hydrogens (tertiary/aromatic N) is 1. The van der Waals surface area contributed by atoms with E-state index in [1.807, 2.05) is 11.3 Å². The van der Waals surface area contributed by atoms with Crippen LogP contribution in [0.3, 0.4) is 0 Å². The molecule has 0 radical (unpaired) electrons. The average Bonchev–Trinajstić information content (AvgIpc) is 3.89. The minimum absolute atomic E-state index is 0.445. The van der Waals surface area contributed by atoms with Crippen LogP contribution in [0, 0.1) is 0 Å². The van der Waals surface area contributed by atoms with Crippen molar-refractivity contribution < 1.29 is 0 Å². The van der Waals surface area contributed by atoms with E-state index in [1.54, 1.807) is 0 Å². The first-order valence-corrected chi connectivity index (χ1v) is 20.1. The molecule has 1 spiro atoms. The number of hydrogen-bond acceptors (Lipinski definition) is 2. The molecule has 0 atom stereocenters. The van der Waals surface area contributed by atoms with Gasteiger partial charge in [0.1, 0.15) is 0 Å². The molecule has 1 nitrogen and oxygen atoms in total. The third-order valence-corrected chi connectivity index (χ3v) is 13.6. The Balaban J connectivity index is 1.15. The van der Waals surface area contributed by atoms with Gasteiger partial charge in [-0.2, -0.15) is 0 Å². The van der Waals surface area contributed by atoms with E-state index in [9.17, 15) is 0 Å². The zero-order valence-corrected chi connectivity index (χ0v) is 31.0. The Morgan fingerprint density at radius 1 is 0.491 bits per heavy atom. The van der Waals surface area contributed by atoms with E-state index in [2.05, 4.69) is 193 Å². The average molecular weight is 718 g/mol. The second-order valence-corrected chi connectivity index (χ2v) is 16.2. The maximum absolute atomic E-state index is 2.53. The van der Waals surface area contributed by atoms with Gasteiger partial charge in [0.15, 0.2) is 0 Å². The van der Waals surface area contributed by atoms with Crippen molar-refractivity contribution in [2.45, 2.75) is 18.3 Å². The highest BCUT2D eigenvalue weighted by molar-refractivity contribution is 7.20. The largest absolute Gasteiger partial charge is 0.309 e. The van der Waals surface area contributed by atoms with Gasteiger partial charge in [-0.25, -0.2) is 0 Å². The summed E-state index contributed by atoms with van der Waals surface area (Å²) in [5.74, 6) is 0. The molecule has 55 heavy (non-hydrogen) atoms. The molecule has 12 rings (SSSR count). The number of aryl methyl sites for hydroxylation is 1. The minimum Gasteiger partial charge on any atom is -0.309 e. The molecule has 0 fully saturated rings. The van der Waals surface area contributed by atoms with Crippen LogP contribution in [0.15, 0.2) is 182 Å². The molecule has 0 saturated carbocycles. The van der Waals surface area contributed by atoms with Crippen molar-refractivity contribution in [2.75, 3.05) is 4.90 Å². The molecule has 3 aliphatic carbocycles. The maximum Gasteiger partial charge on any atom is 0.0726 e. The quantitative estimate of drug-likeness (QED) is 0.175. The monoisotopic (exact) mass is 717 g/mol. The van der Waals surface area contributed by atoms with E-state index in [1.165, 1.54) is 98.3 Å². The SMILES string of the molecule is C1=Cc2c(sc3c(N(c4ccc(-c5ccccc5)cc4)c4ccc5c(c4)C4(c6ccccc6-c6ccccc64)c4ccc6ccccc6c4-5)cccc23)CC1. The second-order valence-electron chi connectivity index (χ2n) is 15.1. The summed E-state index contributed by atoms with van der Waals surface area (Å²) in [5.41, 5.74) is 17.7. The van der Waals surface area contributed by atoms with Crippen LogP contribution in [0.5, 0.6) is 0 Å². The third-order valence-electron chi connectivity index (χ3n) is 12.3. The van der Waals surface area contributed by atoms with Gasteiger partial charge >= 0.3 is 0 Å². The molecule has 9 aromatic rings. The van der Waals surface area contributed by atoms with Gasteiger partial charge in [-0.05, 0) is 115 Å². The van der Waals surface area contributed by atoms with E-state index >= 15 is 0 Å². The van der Waals surface area contributed by atoms with Gasteiger partial charge in [0.25, 0.3) is 0 Å². The lowest BCUT2D eigenvalue weighted by Crippen LogP contribution is -2.26. The van der Waals surface area contributed by atoms with Crippen LogP contribution < -0.4 is 4.90 Å². The standard InChI is InChI=1S/C53H35NS/c1-2-13-34(14-3-1)35-25-28-37(29-26-35)54(49-23-12-20-43-42-19-8-11-24-50(42)55-52(43)49)38-30-31-44-48(33-38)53(47-32-27-36-15-4-5-16-39(36)51(44)47)45-21-9-6-17-40(45)41-18-7-10-22-46(41)53/h1-10,12-23,25-33H,11,24H2. The molecule has 258 valence electrons. The highest BCUT2D eigenvalue weighted by Gasteiger charge is 2.52. The zero-order valence-electron chi connectivity index (χ0n) is 30.2. The van der Waals surface area contributed by atoms with Gasteiger partial charge in [0.05, 0.1) is 15.8 Å². The molecule has 3 aliphatic rings. The summed E-state index contributed by atoms with van der Waals surface area (Å²) < 4.78 is 1.34. The van der Waals surface area contributed by atoms with Crippen molar-refractivity contribution in [2.24, 2.45) is 0 Å². The first-order chi connectivity index (χ1) is 27.3. The van der Waals surface area contributed by atoms with Gasteiger partial charge in [0.2, 0.25) is 0 Å². The number of allylic oxidation sites excluding steroid dienone is 1. The predicted molar refractivity (Wildman–Crippen MR) is 233 cm³/mol. The van der Waals surface area contributed by atoms with Gasteiger partial charge in [-0.3, -0.25) is 0 Å². The minimum atomic E-state index is -0.445. The highest BCUT2D eigenvalue weighted by Crippen LogP contribution is 2.64. The number of fused-ring (bicyclic) bond motifs is 15. The summed E-state index contributed by atoms with van der Waals surface area (Å²) in [6.45, 7) is 0. The lowest BCUT2D eigenvalue weighted by molar-refractivity contribution is 0.794. The molecule has 0 N–H and O–H groups in total. The lowest BCUT2D eigenvalue weighted by Gasteiger charge is -2.32. The molecule has 0 aliphatic heterocycles. The van der Waals surface area contributed by atoms with E-state index in [0.29, 0.717) is 0 Å². The molecular weight excluding hydrogens is 683 g/mol. The van der Waals surface area contributed by atoms with Crippen LogP contribution in [-0.4, -0.2) is 0 Å². The third kappa shape index (κ3) is 4.29. The van der Waals surface area contributed by atoms with Crippen molar-refractivity contribution in [3.8, 4) is 33.4 Å². The molecular formula is C53H35NS. The van der Waals surface area contributed by atoms with Crippen LogP contribution in [0.2, 0.25) is 0 Å². The van der Waals surface area contributed by atoms with Crippen molar-refractivity contribution in [3.05, 3.63) is 215 Å². The fraction of sp³-hybridized carbons (Fsp3) is 0.0566. The molecule has 1 aromatic heterocycles. The summed E-state index contributed by atoms with van der Waals surface area (Å²) in [4.78, 5) is 4.00. The van der Waals surface area contributed by atoms with Crippen LogP contribution in [0.4, 0.5) is 17.1 Å². The molecule has 1 heterocycles. The van der Waals surface area contributed by atoms with Crippen LogP contribution in [0.1, 0.15) is 39.1 Å². The van der Waals surface area contributed by atoms with Crippen LogP contribution in [-0.2, 0) is 11.8 Å². The van der Waals surface area contributed by atoms with Gasteiger partial charge in [0, 0.05) is 21.6 Å². The predicted octanol–water partition coefficient (Wildman–Crippen LogP) is 14.5. The first-order valence-electron chi connectivity index (χ1n) is 19.3. The van der Waals surface area contributed by atoms with Crippen LogP contribution >= 0.6 is 11.3 Å². The van der Waals surface area contributed by atoms with E-state index in [-0.39, 0.29) is 0 Å². The second kappa shape index (κ2) is 11.8. The molecule has 2 heteroatoms. The molecule has 0 unspecified atom stereocenters. The zero-order chi connectivity index (χ0) is 36.1. The Hall–Kier alpha value is -6.48. The summed E-state index contributed by atoms with van der Waals surface area (Å²) in [6.07, 6.45) is 6.88. The Bertz CT molecular complexity index is 2990. The summed E-state index contributed by atoms with van der Waals surface area (Å²) in [5, 5.41) is 3.92. The Morgan fingerprint density at radius 2 is 1.18 bits per heavy atom. The number of rotatable bonds is 4. The van der Waals surface area contributed by atoms with E-state index < -0.39 is 5.41 Å². The normalized spacial score (nSPS) is 14.1. The fourth-order valence-corrected chi connectivity index (χ4v) is 11.3. The summed E-state index contributed by atoms with van der Waals surface area (Å²) in [6, 6.07) is 66.0. The Morgan fingerprint density at radius 3 is 2.00 bits per heavy atom. The Labute approximate surface area is 325 Å². The first kappa shape index (κ1) is 30.9. The molecule has 8 aromatic carbocycles. The van der Waals surface area contributed by atoms with Gasteiger partial charge in [-0.1, -0.05) is 158 Å². The van der Waals surface area contributed by atoms with Gasteiger partial charge in [-0.15, -0.1) is 11.3 Å². The Kier molecular flexibility index (Phi) is 6.61. The molecule has 0 saturated heterocycles. The van der Waals surface area contributed by atoms with Crippen molar-refractivity contribution in [1.29, 1.82) is 0 Å².